The Morgan fingerprint density at radius 3 is 2.27 bits per heavy atom. The van der Waals surface area contributed by atoms with Gasteiger partial charge in [-0.1, -0.05) is 60.7 Å². The van der Waals surface area contributed by atoms with Gasteiger partial charge in [0.25, 0.3) is 0 Å². The summed E-state index contributed by atoms with van der Waals surface area (Å²) in [5, 5.41) is 0. The highest BCUT2D eigenvalue weighted by Crippen LogP contribution is 2.30. The largest absolute Gasteiger partial charge is 0.335 e. The molecule has 0 radical (unpaired) electrons. The lowest BCUT2D eigenvalue weighted by atomic mass is 9.97. The van der Waals surface area contributed by atoms with E-state index >= 15 is 0 Å². The molecule has 112 valence electrons. The second-order valence-corrected chi connectivity index (χ2v) is 5.76. The van der Waals surface area contributed by atoms with E-state index in [1.54, 1.807) is 0 Å². The van der Waals surface area contributed by atoms with E-state index in [0.29, 0.717) is 18.5 Å². The van der Waals surface area contributed by atoms with E-state index in [1.807, 2.05) is 72.5 Å². The molecule has 0 aromatic heterocycles. The Labute approximate surface area is 130 Å². The van der Waals surface area contributed by atoms with Crippen molar-refractivity contribution >= 4 is 11.7 Å². The van der Waals surface area contributed by atoms with Crippen LogP contribution in [-0.4, -0.2) is 23.1 Å². The molecule has 3 nitrogen and oxygen atoms in total. The van der Waals surface area contributed by atoms with E-state index < -0.39 is 0 Å². The van der Waals surface area contributed by atoms with Gasteiger partial charge < -0.3 is 4.90 Å². The van der Waals surface area contributed by atoms with Gasteiger partial charge in [-0.2, -0.15) is 0 Å². The summed E-state index contributed by atoms with van der Waals surface area (Å²) in [4.78, 5) is 26.6. The highest BCUT2D eigenvalue weighted by atomic mass is 16.2. The highest BCUT2D eigenvalue weighted by Gasteiger charge is 2.37. The standard InChI is InChI=1S/C19H19NO2/c1-14(15-8-4-2-5-9-15)20-13-17(12-18(20)21)19(22)16-10-6-3-7-11-16/h2-11,14,17H,12-13H2,1H3/t14-,17+/m0/s1. The van der Waals surface area contributed by atoms with Crippen molar-refractivity contribution in [1.29, 1.82) is 0 Å². The molecule has 1 saturated heterocycles. The van der Waals surface area contributed by atoms with Crippen LogP contribution in [0.2, 0.25) is 0 Å². The smallest absolute Gasteiger partial charge is 0.223 e. The first-order valence-corrected chi connectivity index (χ1v) is 7.60. The van der Waals surface area contributed by atoms with Crippen molar-refractivity contribution in [3.8, 4) is 0 Å². The van der Waals surface area contributed by atoms with Crippen molar-refractivity contribution in [1.82, 2.24) is 4.90 Å². The Balaban J connectivity index is 1.75. The number of likely N-dealkylation sites (tertiary alicyclic amines) is 1. The van der Waals surface area contributed by atoms with Crippen LogP contribution >= 0.6 is 0 Å². The second kappa shape index (κ2) is 6.14. The molecule has 1 fully saturated rings. The maximum atomic E-state index is 12.5. The minimum atomic E-state index is -0.235. The Morgan fingerprint density at radius 1 is 1.05 bits per heavy atom. The molecule has 2 aromatic carbocycles. The van der Waals surface area contributed by atoms with E-state index in [9.17, 15) is 9.59 Å². The van der Waals surface area contributed by atoms with Crippen molar-refractivity contribution in [2.24, 2.45) is 5.92 Å². The molecule has 1 heterocycles. The summed E-state index contributed by atoms with van der Waals surface area (Å²) in [6.45, 7) is 2.52. The molecule has 0 saturated carbocycles. The molecule has 1 aliphatic rings. The average Bonchev–Trinajstić information content (AvgIpc) is 2.97. The Kier molecular flexibility index (Phi) is 4.05. The van der Waals surface area contributed by atoms with Gasteiger partial charge in [-0.3, -0.25) is 9.59 Å². The number of rotatable bonds is 4. The molecule has 2 aromatic rings. The molecule has 0 bridgehead atoms. The fourth-order valence-electron chi connectivity index (χ4n) is 3.03. The molecule has 1 amide bonds. The summed E-state index contributed by atoms with van der Waals surface area (Å²) < 4.78 is 0. The molecule has 0 spiro atoms. The summed E-state index contributed by atoms with van der Waals surface area (Å²) >= 11 is 0. The summed E-state index contributed by atoms with van der Waals surface area (Å²) in [6.07, 6.45) is 0.310. The Morgan fingerprint density at radius 2 is 1.64 bits per heavy atom. The lowest BCUT2D eigenvalue weighted by Gasteiger charge is -2.25. The Bertz CT molecular complexity index is 666. The van der Waals surface area contributed by atoms with Crippen LogP contribution < -0.4 is 0 Å². The van der Waals surface area contributed by atoms with Crippen LogP contribution in [0.15, 0.2) is 60.7 Å². The van der Waals surface area contributed by atoms with Gasteiger partial charge in [0.2, 0.25) is 5.91 Å². The third-order valence-corrected chi connectivity index (χ3v) is 4.34. The third kappa shape index (κ3) is 2.80. The molecule has 1 aliphatic heterocycles. The van der Waals surface area contributed by atoms with Crippen LogP contribution in [0.3, 0.4) is 0 Å². The van der Waals surface area contributed by atoms with Crippen molar-refractivity contribution < 1.29 is 9.59 Å². The first-order chi connectivity index (χ1) is 10.7. The van der Waals surface area contributed by atoms with Crippen molar-refractivity contribution in [2.45, 2.75) is 19.4 Å². The first-order valence-electron chi connectivity index (χ1n) is 7.60. The number of carbonyl (C=O) groups is 2. The molecule has 0 N–H and O–H groups in total. The number of ketones is 1. The normalized spacial score (nSPS) is 19.2. The fourth-order valence-corrected chi connectivity index (χ4v) is 3.03. The van der Waals surface area contributed by atoms with E-state index in [1.165, 1.54) is 0 Å². The van der Waals surface area contributed by atoms with E-state index in [2.05, 4.69) is 0 Å². The first kappa shape index (κ1) is 14.5. The summed E-state index contributed by atoms with van der Waals surface area (Å²) in [5.41, 5.74) is 1.79. The average molecular weight is 293 g/mol. The van der Waals surface area contributed by atoms with Gasteiger partial charge in [0.15, 0.2) is 5.78 Å². The summed E-state index contributed by atoms with van der Waals surface area (Å²) in [6, 6.07) is 19.2. The minimum absolute atomic E-state index is 0.00210. The van der Waals surface area contributed by atoms with Gasteiger partial charge in [0.05, 0.1) is 6.04 Å². The van der Waals surface area contributed by atoms with Gasteiger partial charge in [-0.15, -0.1) is 0 Å². The Hall–Kier alpha value is -2.42. The van der Waals surface area contributed by atoms with Crippen LogP contribution in [-0.2, 0) is 4.79 Å². The predicted octanol–water partition coefficient (Wildman–Crippen LogP) is 3.48. The van der Waals surface area contributed by atoms with E-state index in [4.69, 9.17) is 0 Å². The fraction of sp³-hybridized carbons (Fsp3) is 0.263. The van der Waals surface area contributed by atoms with Crippen molar-refractivity contribution in [3.63, 3.8) is 0 Å². The minimum Gasteiger partial charge on any atom is -0.335 e. The number of Topliss-reactive ketones (excluding diaryl/α,β-unsaturated/α-hetero) is 1. The van der Waals surface area contributed by atoms with Crippen molar-refractivity contribution in [2.75, 3.05) is 6.54 Å². The zero-order chi connectivity index (χ0) is 15.5. The van der Waals surface area contributed by atoms with Crippen LogP contribution in [0.1, 0.15) is 35.3 Å². The van der Waals surface area contributed by atoms with E-state index in [0.717, 1.165) is 5.56 Å². The van der Waals surface area contributed by atoms with Crippen LogP contribution in [0.5, 0.6) is 0 Å². The van der Waals surface area contributed by atoms with Gasteiger partial charge >= 0.3 is 0 Å². The molecular weight excluding hydrogens is 274 g/mol. The van der Waals surface area contributed by atoms with Crippen LogP contribution in [0.4, 0.5) is 0 Å². The van der Waals surface area contributed by atoms with Crippen LogP contribution in [0.25, 0.3) is 0 Å². The highest BCUT2D eigenvalue weighted by molar-refractivity contribution is 6.01. The van der Waals surface area contributed by atoms with E-state index in [-0.39, 0.29) is 23.7 Å². The number of nitrogens with zero attached hydrogens (tertiary/aromatic N) is 1. The number of carbonyl (C=O) groups excluding carboxylic acids is 2. The SMILES string of the molecule is C[C@@H](c1ccccc1)N1C[C@H](C(=O)c2ccccc2)CC1=O. The predicted molar refractivity (Wildman–Crippen MR) is 85.4 cm³/mol. The monoisotopic (exact) mass is 293 g/mol. The third-order valence-electron chi connectivity index (χ3n) is 4.34. The molecule has 22 heavy (non-hydrogen) atoms. The van der Waals surface area contributed by atoms with Gasteiger partial charge in [0.1, 0.15) is 0 Å². The van der Waals surface area contributed by atoms with Gasteiger partial charge in [-0.25, -0.2) is 0 Å². The number of benzene rings is 2. The topological polar surface area (TPSA) is 37.4 Å². The quantitative estimate of drug-likeness (QED) is 0.809. The number of amides is 1. The maximum absolute atomic E-state index is 12.5. The molecule has 3 heteroatoms. The zero-order valence-electron chi connectivity index (χ0n) is 12.6. The molecule has 3 rings (SSSR count). The molecular formula is C19H19NO2. The number of hydrogen-bond donors (Lipinski definition) is 0. The number of hydrogen-bond acceptors (Lipinski definition) is 2. The second-order valence-electron chi connectivity index (χ2n) is 5.76. The van der Waals surface area contributed by atoms with Gasteiger partial charge in [0, 0.05) is 24.4 Å². The van der Waals surface area contributed by atoms with Gasteiger partial charge in [-0.05, 0) is 12.5 Å². The lowest BCUT2D eigenvalue weighted by Crippen LogP contribution is -2.29. The lowest BCUT2D eigenvalue weighted by molar-refractivity contribution is -0.129. The van der Waals surface area contributed by atoms with Crippen LogP contribution in [0, 0.1) is 5.92 Å². The summed E-state index contributed by atoms with van der Waals surface area (Å²) in [7, 11) is 0. The maximum Gasteiger partial charge on any atom is 0.223 e. The molecule has 0 unspecified atom stereocenters. The van der Waals surface area contributed by atoms with Crippen molar-refractivity contribution in [3.05, 3.63) is 71.8 Å². The molecule has 0 aliphatic carbocycles. The molecule has 2 atom stereocenters. The zero-order valence-corrected chi connectivity index (χ0v) is 12.6. The summed E-state index contributed by atoms with van der Waals surface area (Å²) in [5.74, 6) is -0.108.